The Labute approximate surface area is 143 Å². The minimum atomic E-state index is 0. The molecule has 0 saturated heterocycles. The highest BCUT2D eigenvalue weighted by atomic mass is 35.5. The summed E-state index contributed by atoms with van der Waals surface area (Å²) in [5.74, 6) is 1.58. The number of halogens is 1. The van der Waals surface area contributed by atoms with E-state index in [2.05, 4.69) is 10.6 Å². The molecule has 0 bridgehead atoms. The minimum Gasteiger partial charge on any atom is -0.457 e. The molecule has 0 aromatic heterocycles. The summed E-state index contributed by atoms with van der Waals surface area (Å²) in [4.78, 5) is 11.7. The molecule has 2 aromatic carbocycles. The van der Waals surface area contributed by atoms with Crippen molar-refractivity contribution in [1.29, 1.82) is 0 Å². The van der Waals surface area contributed by atoms with Gasteiger partial charge in [-0.1, -0.05) is 17.7 Å². The summed E-state index contributed by atoms with van der Waals surface area (Å²) in [7, 11) is 1.88. The van der Waals surface area contributed by atoms with Crippen LogP contribution in [0.1, 0.15) is 18.4 Å². The molecule has 1 amide bonds. The van der Waals surface area contributed by atoms with Crippen molar-refractivity contribution in [2.75, 3.05) is 18.9 Å². The zero-order chi connectivity index (χ0) is 15.8. The molecule has 0 unspecified atom stereocenters. The third-order valence-corrected chi connectivity index (χ3v) is 3.23. The van der Waals surface area contributed by atoms with E-state index in [9.17, 15) is 4.79 Å². The number of amides is 1. The molecule has 0 atom stereocenters. The zero-order valence-corrected chi connectivity index (χ0v) is 14.3. The van der Waals surface area contributed by atoms with Crippen LogP contribution in [0.15, 0.2) is 48.5 Å². The van der Waals surface area contributed by atoms with Gasteiger partial charge in [-0.25, -0.2) is 0 Å². The summed E-state index contributed by atoms with van der Waals surface area (Å²) in [6.07, 6.45) is 1.35. The summed E-state index contributed by atoms with van der Waals surface area (Å²) >= 11 is 0. The number of hydrogen-bond acceptors (Lipinski definition) is 3. The van der Waals surface area contributed by atoms with Crippen LogP contribution in [0.4, 0.5) is 5.69 Å². The number of benzene rings is 2. The highest BCUT2D eigenvalue weighted by Crippen LogP contribution is 2.23. The smallest absolute Gasteiger partial charge is 0.224 e. The third-order valence-electron chi connectivity index (χ3n) is 3.23. The second-order valence-electron chi connectivity index (χ2n) is 5.19. The van der Waals surface area contributed by atoms with Crippen LogP contribution < -0.4 is 15.4 Å². The molecule has 0 heterocycles. The molecule has 0 fully saturated rings. The predicted molar refractivity (Wildman–Crippen MR) is 96.7 cm³/mol. The summed E-state index contributed by atoms with van der Waals surface area (Å²) < 4.78 is 5.75. The Morgan fingerprint density at radius 3 is 2.13 bits per heavy atom. The average Bonchev–Trinajstić information content (AvgIpc) is 2.52. The SMILES string of the molecule is CNCCCC(=O)Nc1ccc(Oc2ccc(C)cc2)cc1.Cl. The summed E-state index contributed by atoms with van der Waals surface area (Å²) in [5, 5.41) is 5.90. The van der Waals surface area contributed by atoms with E-state index < -0.39 is 0 Å². The van der Waals surface area contributed by atoms with Crippen molar-refractivity contribution in [3.63, 3.8) is 0 Å². The van der Waals surface area contributed by atoms with Gasteiger partial charge in [0.2, 0.25) is 5.91 Å². The fraction of sp³-hybridized carbons (Fsp3) is 0.278. The molecule has 0 spiro atoms. The van der Waals surface area contributed by atoms with E-state index in [0.717, 1.165) is 30.2 Å². The third kappa shape index (κ3) is 6.72. The second kappa shape index (κ2) is 9.87. The Balaban J connectivity index is 0.00000264. The van der Waals surface area contributed by atoms with Gasteiger partial charge in [-0.05, 0) is 63.3 Å². The quantitative estimate of drug-likeness (QED) is 0.748. The maximum atomic E-state index is 11.7. The molecule has 0 saturated carbocycles. The molecule has 0 radical (unpaired) electrons. The average molecular weight is 335 g/mol. The first-order valence-electron chi connectivity index (χ1n) is 7.46. The van der Waals surface area contributed by atoms with Gasteiger partial charge in [0.25, 0.3) is 0 Å². The number of hydrogen-bond donors (Lipinski definition) is 2. The maximum absolute atomic E-state index is 11.7. The fourth-order valence-corrected chi connectivity index (χ4v) is 2.00. The van der Waals surface area contributed by atoms with Gasteiger partial charge in [0.15, 0.2) is 0 Å². The molecule has 2 N–H and O–H groups in total. The molecule has 2 aromatic rings. The molecule has 2 rings (SSSR count). The van der Waals surface area contributed by atoms with Crippen molar-refractivity contribution < 1.29 is 9.53 Å². The summed E-state index contributed by atoms with van der Waals surface area (Å²) in [6.45, 7) is 2.88. The lowest BCUT2D eigenvalue weighted by Crippen LogP contribution is -2.15. The van der Waals surface area contributed by atoms with Crippen molar-refractivity contribution in [3.05, 3.63) is 54.1 Å². The molecular weight excluding hydrogens is 312 g/mol. The van der Waals surface area contributed by atoms with Crippen LogP contribution in [0.25, 0.3) is 0 Å². The number of anilines is 1. The van der Waals surface area contributed by atoms with E-state index in [0.29, 0.717) is 6.42 Å². The van der Waals surface area contributed by atoms with Crippen molar-refractivity contribution >= 4 is 24.0 Å². The van der Waals surface area contributed by atoms with E-state index in [1.54, 1.807) is 0 Å². The molecule has 0 aliphatic heterocycles. The summed E-state index contributed by atoms with van der Waals surface area (Å²) in [6, 6.07) is 15.3. The van der Waals surface area contributed by atoms with E-state index in [-0.39, 0.29) is 18.3 Å². The monoisotopic (exact) mass is 334 g/mol. The van der Waals surface area contributed by atoms with Crippen LogP contribution in [-0.4, -0.2) is 19.5 Å². The number of rotatable bonds is 7. The lowest BCUT2D eigenvalue weighted by Gasteiger charge is -2.08. The van der Waals surface area contributed by atoms with Crippen molar-refractivity contribution in [2.24, 2.45) is 0 Å². The Bertz CT molecular complexity index is 597. The summed E-state index contributed by atoms with van der Waals surface area (Å²) in [5.41, 5.74) is 1.98. The molecule has 4 nitrogen and oxygen atoms in total. The van der Waals surface area contributed by atoms with Crippen LogP contribution in [0, 0.1) is 6.92 Å². The topological polar surface area (TPSA) is 50.4 Å². The van der Waals surface area contributed by atoms with Gasteiger partial charge < -0.3 is 15.4 Å². The molecular formula is C18H23ClN2O2. The largest absolute Gasteiger partial charge is 0.457 e. The lowest BCUT2D eigenvalue weighted by molar-refractivity contribution is -0.116. The predicted octanol–water partition coefficient (Wildman–Crippen LogP) is 4.15. The number of carbonyl (C=O) groups is 1. The van der Waals surface area contributed by atoms with E-state index in [4.69, 9.17) is 4.74 Å². The van der Waals surface area contributed by atoms with Crippen LogP contribution >= 0.6 is 12.4 Å². The normalized spacial score (nSPS) is 9.83. The Morgan fingerprint density at radius 1 is 1.00 bits per heavy atom. The van der Waals surface area contributed by atoms with Crippen LogP contribution in [0.5, 0.6) is 11.5 Å². The van der Waals surface area contributed by atoms with Crippen LogP contribution in [0.2, 0.25) is 0 Å². The molecule has 0 aliphatic rings. The van der Waals surface area contributed by atoms with E-state index >= 15 is 0 Å². The van der Waals surface area contributed by atoms with Crippen LogP contribution in [0.3, 0.4) is 0 Å². The first-order valence-corrected chi connectivity index (χ1v) is 7.46. The van der Waals surface area contributed by atoms with Gasteiger partial charge in [-0.3, -0.25) is 4.79 Å². The molecule has 23 heavy (non-hydrogen) atoms. The Kier molecular flexibility index (Phi) is 8.16. The minimum absolute atomic E-state index is 0. The standard InChI is InChI=1S/C18H22N2O2.ClH/c1-14-5-9-16(10-6-14)22-17-11-7-15(8-12-17)20-18(21)4-3-13-19-2;/h5-12,19H,3-4,13H2,1-2H3,(H,20,21);1H. The second-order valence-corrected chi connectivity index (χ2v) is 5.19. The van der Waals surface area contributed by atoms with Crippen molar-refractivity contribution in [3.8, 4) is 11.5 Å². The molecule has 5 heteroatoms. The van der Waals surface area contributed by atoms with E-state index in [1.807, 2.05) is 62.5 Å². The van der Waals surface area contributed by atoms with Gasteiger partial charge in [0.05, 0.1) is 0 Å². The highest BCUT2D eigenvalue weighted by Gasteiger charge is 2.03. The number of carbonyl (C=O) groups excluding carboxylic acids is 1. The van der Waals surface area contributed by atoms with Gasteiger partial charge in [-0.15, -0.1) is 12.4 Å². The van der Waals surface area contributed by atoms with Gasteiger partial charge in [-0.2, -0.15) is 0 Å². The van der Waals surface area contributed by atoms with Crippen molar-refractivity contribution in [2.45, 2.75) is 19.8 Å². The first-order chi connectivity index (χ1) is 10.7. The number of ether oxygens (including phenoxy) is 1. The van der Waals surface area contributed by atoms with E-state index in [1.165, 1.54) is 5.56 Å². The van der Waals surface area contributed by atoms with Crippen molar-refractivity contribution in [1.82, 2.24) is 5.32 Å². The Hall–Kier alpha value is -2.04. The Morgan fingerprint density at radius 2 is 1.57 bits per heavy atom. The van der Waals surface area contributed by atoms with Gasteiger partial charge in [0, 0.05) is 12.1 Å². The van der Waals surface area contributed by atoms with Crippen LogP contribution in [-0.2, 0) is 4.79 Å². The maximum Gasteiger partial charge on any atom is 0.224 e. The number of aryl methyl sites for hydroxylation is 1. The fourth-order valence-electron chi connectivity index (χ4n) is 2.00. The number of nitrogens with one attached hydrogen (secondary N) is 2. The molecule has 124 valence electrons. The van der Waals surface area contributed by atoms with Gasteiger partial charge >= 0.3 is 0 Å². The molecule has 0 aliphatic carbocycles. The van der Waals surface area contributed by atoms with Gasteiger partial charge in [0.1, 0.15) is 11.5 Å². The lowest BCUT2D eigenvalue weighted by atomic mass is 10.2. The highest BCUT2D eigenvalue weighted by molar-refractivity contribution is 5.90. The first kappa shape index (κ1) is 19.0. The zero-order valence-electron chi connectivity index (χ0n) is 13.5.